The first-order valence-corrected chi connectivity index (χ1v) is 10.4. The largest absolute Gasteiger partial charge is 0.356 e. The fourth-order valence-corrected chi connectivity index (χ4v) is 3.61. The minimum Gasteiger partial charge on any atom is -0.356 e. The number of piperazine rings is 1. The third-order valence-electron chi connectivity index (χ3n) is 5.22. The third-order valence-corrected chi connectivity index (χ3v) is 5.22. The first kappa shape index (κ1) is 23.2. The Labute approximate surface area is 162 Å². The first-order valence-electron chi connectivity index (χ1n) is 10.4. The van der Waals surface area contributed by atoms with E-state index >= 15 is 0 Å². The molecule has 0 radical (unpaired) electrons. The Morgan fingerprint density at radius 1 is 1.00 bits per heavy atom. The maximum Gasteiger partial charge on any atom is 0.190 e. The van der Waals surface area contributed by atoms with Crippen molar-refractivity contribution in [3.05, 3.63) is 0 Å². The van der Waals surface area contributed by atoms with Crippen molar-refractivity contribution in [3.8, 4) is 0 Å². The molecule has 0 aromatic carbocycles. The summed E-state index contributed by atoms with van der Waals surface area (Å²) >= 11 is 0. The number of guanidine groups is 1. The van der Waals surface area contributed by atoms with E-state index in [2.05, 4.69) is 72.0 Å². The van der Waals surface area contributed by atoms with Crippen molar-refractivity contribution in [2.45, 2.75) is 53.1 Å². The second kappa shape index (κ2) is 12.5. The lowest BCUT2D eigenvalue weighted by Crippen LogP contribution is -2.47. The molecule has 0 aromatic rings. The van der Waals surface area contributed by atoms with E-state index in [4.69, 9.17) is 0 Å². The summed E-state index contributed by atoms with van der Waals surface area (Å²) in [6, 6.07) is 1.20. The SMILES string of the molecule is CN=C(NCCCN(C(C)C)C(C)C)NCC(C)CN1CCN(C)CC1. The Morgan fingerprint density at radius 2 is 1.62 bits per heavy atom. The Kier molecular flexibility index (Phi) is 11.2. The molecule has 1 unspecified atom stereocenters. The van der Waals surface area contributed by atoms with Crippen LogP contribution in [0, 0.1) is 5.92 Å². The van der Waals surface area contributed by atoms with Gasteiger partial charge in [0.15, 0.2) is 5.96 Å². The van der Waals surface area contributed by atoms with Crippen molar-refractivity contribution < 1.29 is 0 Å². The molecule has 1 saturated heterocycles. The number of aliphatic imine (C=N–C) groups is 1. The smallest absolute Gasteiger partial charge is 0.190 e. The summed E-state index contributed by atoms with van der Waals surface area (Å²) in [5, 5.41) is 6.95. The molecule has 1 fully saturated rings. The van der Waals surface area contributed by atoms with Gasteiger partial charge in [0, 0.05) is 71.5 Å². The molecular weight excluding hydrogens is 324 g/mol. The monoisotopic (exact) mass is 368 g/mol. The van der Waals surface area contributed by atoms with E-state index in [-0.39, 0.29) is 0 Å². The summed E-state index contributed by atoms with van der Waals surface area (Å²) in [4.78, 5) is 11.9. The van der Waals surface area contributed by atoms with Crippen LogP contribution >= 0.6 is 0 Å². The van der Waals surface area contributed by atoms with Gasteiger partial charge in [-0.3, -0.25) is 9.89 Å². The van der Waals surface area contributed by atoms with Crippen LogP contribution in [0.3, 0.4) is 0 Å². The highest BCUT2D eigenvalue weighted by Gasteiger charge is 2.16. The predicted octanol–water partition coefficient (Wildman–Crippen LogP) is 1.54. The molecule has 0 amide bonds. The Hall–Kier alpha value is -0.850. The number of likely N-dealkylation sites (N-methyl/N-ethyl adjacent to an activating group) is 1. The van der Waals surface area contributed by atoms with Crippen LogP contribution in [0.25, 0.3) is 0 Å². The van der Waals surface area contributed by atoms with Gasteiger partial charge in [-0.2, -0.15) is 0 Å². The van der Waals surface area contributed by atoms with Gasteiger partial charge < -0.3 is 20.4 Å². The topological polar surface area (TPSA) is 46.1 Å². The first-order chi connectivity index (χ1) is 12.3. The van der Waals surface area contributed by atoms with E-state index in [0.29, 0.717) is 18.0 Å². The maximum absolute atomic E-state index is 4.36. The van der Waals surface area contributed by atoms with Crippen molar-refractivity contribution in [1.82, 2.24) is 25.3 Å². The highest BCUT2D eigenvalue weighted by Crippen LogP contribution is 2.05. The van der Waals surface area contributed by atoms with Gasteiger partial charge in [0.05, 0.1) is 0 Å². The molecule has 6 nitrogen and oxygen atoms in total. The summed E-state index contributed by atoms with van der Waals surface area (Å²) in [6.45, 7) is 20.4. The lowest BCUT2D eigenvalue weighted by atomic mass is 10.1. The zero-order chi connectivity index (χ0) is 19.5. The number of nitrogens with zero attached hydrogens (tertiary/aromatic N) is 4. The number of nitrogens with one attached hydrogen (secondary N) is 2. The van der Waals surface area contributed by atoms with Crippen molar-refractivity contribution in [1.29, 1.82) is 0 Å². The van der Waals surface area contributed by atoms with E-state index in [0.717, 1.165) is 38.6 Å². The van der Waals surface area contributed by atoms with Crippen LogP contribution in [-0.2, 0) is 0 Å². The number of hydrogen-bond acceptors (Lipinski definition) is 4. The van der Waals surface area contributed by atoms with Gasteiger partial charge in [0.1, 0.15) is 0 Å². The quantitative estimate of drug-likeness (QED) is 0.348. The van der Waals surface area contributed by atoms with Gasteiger partial charge in [0.2, 0.25) is 0 Å². The van der Waals surface area contributed by atoms with Crippen LogP contribution in [0.4, 0.5) is 0 Å². The van der Waals surface area contributed by atoms with Crippen LogP contribution < -0.4 is 10.6 Å². The predicted molar refractivity (Wildman–Crippen MR) is 114 cm³/mol. The van der Waals surface area contributed by atoms with Crippen molar-refractivity contribution >= 4 is 5.96 Å². The molecule has 1 rings (SSSR count). The van der Waals surface area contributed by atoms with Crippen molar-refractivity contribution in [2.75, 3.05) is 66.5 Å². The highest BCUT2D eigenvalue weighted by atomic mass is 15.2. The molecular formula is C20H44N6. The molecule has 6 heteroatoms. The minimum absolute atomic E-state index is 0.600. The second-order valence-electron chi connectivity index (χ2n) is 8.37. The average Bonchev–Trinajstić information content (AvgIpc) is 2.58. The van der Waals surface area contributed by atoms with E-state index in [1.807, 2.05) is 7.05 Å². The fourth-order valence-electron chi connectivity index (χ4n) is 3.61. The second-order valence-corrected chi connectivity index (χ2v) is 8.37. The van der Waals surface area contributed by atoms with Gasteiger partial charge in [0.25, 0.3) is 0 Å². The average molecular weight is 369 g/mol. The minimum atomic E-state index is 0.600. The van der Waals surface area contributed by atoms with Gasteiger partial charge in [-0.05, 0) is 47.1 Å². The van der Waals surface area contributed by atoms with E-state index in [1.54, 1.807) is 0 Å². The standard InChI is InChI=1S/C20H44N6/c1-17(2)26(18(3)4)10-8-9-22-20(21-6)23-15-19(5)16-25-13-11-24(7)12-14-25/h17-19H,8-16H2,1-7H3,(H2,21,22,23). The molecule has 0 aliphatic carbocycles. The van der Waals surface area contributed by atoms with Crippen LogP contribution in [-0.4, -0.2) is 99.2 Å². The molecule has 1 atom stereocenters. The van der Waals surface area contributed by atoms with Crippen LogP contribution in [0.15, 0.2) is 4.99 Å². The molecule has 1 heterocycles. The summed E-state index contributed by atoms with van der Waals surface area (Å²) in [7, 11) is 4.06. The van der Waals surface area contributed by atoms with Gasteiger partial charge in [-0.15, -0.1) is 0 Å². The summed E-state index contributed by atoms with van der Waals surface area (Å²) in [6.07, 6.45) is 1.13. The molecule has 154 valence electrons. The van der Waals surface area contributed by atoms with Crippen LogP contribution in [0.5, 0.6) is 0 Å². The van der Waals surface area contributed by atoms with Gasteiger partial charge >= 0.3 is 0 Å². The summed E-state index contributed by atoms with van der Waals surface area (Å²) in [5.41, 5.74) is 0. The van der Waals surface area contributed by atoms with Gasteiger partial charge in [-0.25, -0.2) is 0 Å². The molecule has 0 saturated carbocycles. The summed E-state index contributed by atoms with van der Waals surface area (Å²) in [5.74, 6) is 1.55. The molecule has 0 aromatic heterocycles. The molecule has 0 spiro atoms. The van der Waals surface area contributed by atoms with Crippen molar-refractivity contribution in [2.24, 2.45) is 10.9 Å². The number of rotatable bonds is 10. The van der Waals surface area contributed by atoms with Gasteiger partial charge in [-0.1, -0.05) is 6.92 Å². The molecule has 1 aliphatic heterocycles. The molecule has 2 N–H and O–H groups in total. The Morgan fingerprint density at radius 3 is 2.15 bits per heavy atom. The van der Waals surface area contributed by atoms with E-state index in [1.165, 1.54) is 26.2 Å². The summed E-state index contributed by atoms with van der Waals surface area (Å²) < 4.78 is 0. The molecule has 0 bridgehead atoms. The Balaban J connectivity index is 2.20. The Bertz CT molecular complexity index is 380. The van der Waals surface area contributed by atoms with Crippen molar-refractivity contribution in [3.63, 3.8) is 0 Å². The third kappa shape index (κ3) is 9.19. The lowest BCUT2D eigenvalue weighted by Gasteiger charge is -2.34. The molecule has 26 heavy (non-hydrogen) atoms. The molecule has 1 aliphatic rings. The van der Waals surface area contributed by atoms with Crippen LogP contribution in [0.1, 0.15) is 41.0 Å². The van der Waals surface area contributed by atoms with E-state index < -0.39 is 0 Å². The van der Waals surface area contributed by atoms with Crippen LogP contribution in [0.2, 0.25) is 0 Å². The zero-order valence-electron chi connectivity index (χ0n) is 18.4. The fraction of sp³-hybridized carbons (Fsp3) is 0.950. The highest BCUT2D eigenvalue weighted by molar-refractivity contribution is 5.79. The zero-order valence-corrected chi connectivity index (χ0v) is 18.4. The lowest BCUT2D eigenvalue weighted by molar-refractivity contribution is 0.139. The maximum atomic E-state index is 4.36. The number of hydrogen-bond donors (Lipinski definition) is 2. The van der Waals surface area contributed by atoms with E-state index in [9.17, 15) is 0 Å². The normalized spacial score (nSPS) is 18.8.